The fraction of sp³-hybridized carbons (Fsp3) is 0.0800. The van der Waals surface area contributed by atoms with Gasteiger partial charge in [0.25, 0.3) is 5.56 Å². The van der Waals surface area contributed by atoms with Crippen molar-refractivity contribution in [3.8, 4) is 16.9 Å². The predicted molar refractivity (Wildman–Crippen MR) is 133 cm³/mol. The number of para-hydroxylation sites is 1. The number of thiocarbonyl (C=S) groups is 1. The molecule has 3 aromatic carbocycles. The van der Waals surface area contributed by atoms with Gasteiger partial charge in [0.1, 0.15) is 11.5 Å². The molecule has 0 radical (unpaired) electrons. The summed E-state index contributed by atoms with van der Waals surface area (Å²) >= 11 is 5.25. The summed E-state index contributed by atoms with van der Waals surface area (Å²) in [5, 5.41) is 11.0. The van der Waals surface area contributed by atoms with Crippen LogP contribution in [-0.2, 0) is 0 Å². The maximum absolute atomic E-state index is 13.7. The minimum Gasteiger partial charge on any atom is -0.362 e. The number of aromatic nitrogens is 2. The molecule has 166 valence electrons. The van der Waals surface area contributed by atoms with Crippen molar-refractivity contribution in [1.29, 1.82) is 0 Å². The summed E-state index contributed by atoms with van der Waals surface area (Å²) in [5.41, 5.74) is 5.83. The van der Waals surface area contributed by atoms with Crippen LogP contribution in [0.3, 0.4) is 0 Å². The van der Waals surface area contributed by atoms with Gasteiger partial charge in [-0.15, -0.1) is 0 Å². The molecule has 0 spiro atoms. The van der Waals surface area contributed by atoms with Crippen LogP contribution in [0, 0.1) is 5.82 Å². The first-order valence-corrected chi connectivity index (χ1v) is 10.8. The van der Waals surface area contributed by atoms with E-state index in [-0.39, 0.29) is 11.4 Å². The minimum absolute atomic E-state index is 0.292. The molecule has 4 rings (SSSR count). The highest BCUT2D eigenvalue weighted by atomic mass is 32.1. The van der Waals surface area contributed by atoms with E-state index in [1.165, 1.54) is 16.8 Å². The topological polar surface area (TPSA) is 74.2 Å². The SMILES string of the molecule is CCNC(=S)N/N=C(\c1ccc(F)cc1)c1c(-c2ccccc2)[nH]n(-c2ccccc2)c1=O. The highest BCUT2D eigenvalue weighted by Gasteiger charge is 2.23. The number of aromatic amines is 1. The van der Waals surface area contributed by atoms with Crippen molar-refractivity contribution >= 4 is 23.0 Å². The molecule has 0 saturated heterocycles. The van der Waals surface area contributed by atoms with E-state index in [0.29, 0.717) is 39.9 Å². The second-order valence-electron chi connectivity index (χ2n) is 7.14. The molecule has 0 atom stereocenters. The first kappa shape index (κ1) is 22.2. The maximum Gasteiger partial charge on any atom is 0.281 e. The molecule has 6 nitrogen and oxygen atoms in total. The van der Waals surface area contributed by atoms with Gasteiger partial charge < -0.3 is 5.32 Å². The van der Waals surface area contributed by atoms with Crippen LogP contribution in [0.25, 0.3) is 16.9 Å². The third-order valence-electron chi connectivity index (χ3n) is 4.93. The van der Waals surface area contributed by atoms with Gasteiger partial charge in [-0.05, 0) is 55.5 Å². The van der Waals surface area contributed by atoms with E-state index in [1.54, 1.807) is 12.1 Å². The van der Waals surface area contributed by atoms with Crippen LogP contribution < -0.4 is 16.3 Å². The third-order valence-corrected chi connectivity index (χ3v) is 5.16. The normalized spacial score (nSPS) is 11.3. The van der Waals surface area contributed by atoms with Gasteiger partial charge in [0.2, 0.25) is 0 Å². The van der Waals surface area contributed by atoms with Crippen LogP contribution in [0.5, 0.6) is 0 Å². The summed E-state index contributed by atoms with van der Waals surface area (Å²) in [6.07, 6.45) is 0. The van der Waals surface area contributed by atoms with Crippen LogP contribution in [0.15, 0.2) is 94.8 Å². The highest BCUT2D eigenvalue weighted by molar-refractivity contribution is 7.80. The lowest BCUT2D eigenvalue weighted by Gasteiger charge is -2.10. The van der Waals surface area contributed by atoms with Gasteiger partial charge in [0.05, 0.1) is 16.9 Å². The van der Waals surface area contributed by atoms with Gasteiger partial charge in [-0.3, -0.25) is 15.3 Å². The first-order valence-electron chi connectivity index (χ1n) is 10.4. The second-order valence-corrected chi connectivity index (χ2v) is 7.55. The Labute approximate surface area is 195 Å². The van der Waals surface area contributed by atoms with Crippen LogP contribution in [0.2, 0.25) is 0 Å². The highest BCUT2D eigenvalue weighted by Crippen LogP contribution is 2.23. The van der Waals surface area contributed by atoms with E-state index in [0.717, 1.165) is 5.56 Å². The average Bonchev–Trinajstić information content (AvgIpc) is 3.18. The summed E-state index contributed by atoms with van der Waals surface area (Å²) in [5.74, 6) is -0.381. The Morgan fingerprint density at radius 3 is 2.27 bits per heavy atom. The van der Waals surface area contributed by atoms with E-state index in [4.69, 9.17) is 12.2 Å². The number of nitrogens with zero attached hydrogens (tertiary/aromatic N) is 2. The number of rotatable bonds is 6. The first-order chi connectivity index (χ1) is 16.1. The zero-order valence-electron chi connectivity index (χ0n) is 17.9. The van der Waals surface area contributed by atoms with E-state index in [1.807, 2.05) is 67.6 Å². The molecular weight excluding hydrogens is 437 g/mol. The fourth-order valence-electron chi connectivity index (χ4n) is 3.41. The van der Waals surface area contributed by atoms with Crippen molar-refractivity contribution in [2.75, 3.05) is 6.54 Å². The minimum atomic E-state index is -0.381. The number of H-pyrrole nitrogens is 1. The van der Waals surface area contributed by atoms with E-state index in [9.17, 15) is 9.18 Å². The predicted octanol–water partition coefficient (Wildman–Crippen LogP) is 4.21. The number of nitrogens with one attached hydrogen (secondary N) is 3. The van der Waals surface area contributed by atoms with Gasteiger partial charge in [-0.25, -0.2) is 9.07 Å². The number of hydrogen-bond acceptors (Lipinski definition) is 3. The lowest BCUT2D eigenvalue weighted by molar-refractivity contribution is 0.628. The molecule has 1 heterocycles. The van der Waals surface area contributed by atoms with Crippen molar-refractivity contribution in [3.63, 3.8) is 0 Å². The Kier molecular flexibility index (Phi) is 6.75. The Morgan fingerprint density at radius 1 is 1.00 bits per heavy atom. The number of hydrazone groups is 1. The average molecular weight is 460 g/mol. The standard InChI is InChI=1S/C25H22FN5OS/c1-2-27-25(33)29-28-22(18-13-15-19(26)16-14-18)21-23(17-9-5-3-6-10-17)30-31(24(21)32)20-11-7-4-8-12-20/h3-16,30H,2H2,1H3,(H2,27,29,33)/b28-22+. The van der Waals surface area contributed by atoms with Crippen LogP contribution in [0.4, 0.5) is 4.39 Å². The van der Waals surface area contributed by atoms with Crippen molar-refractivity contribution in [1.82, 2.24) is 20.5 Å². The lowest BCUT2D eigenvalue weighted by atomic mass is 9.99. The van der Waals surface area contributed by atoms with Gasteiger partial charge in [-0.2, -0.15) is 5.10 Å². The molecule has 0 fully saturated rings. The second kappa shape index (κ2) is 10.1. The summed E-state index contributed by atoms with van der Waals surface area (Å²) in [6, 6.07) is 24.6. The summed E-state index contributed by atoms with van der Waals surface area (Å²) in [4.78, 5) is 13.7. The number of halogens is 1. The van der Waals surface area contributed by atoms with Crippen molar-refractivity contribution in [2.24, 2.45) is 5.10 Å². The maximum atomic E-state index is 13.7. The molecule has 8 heteroatoms. The zero-order chi connectivity index (χ0) is 23.2. The Balaban J connectivity index is 1.96. The third kappa shape index (κ3) is 4.91. The molecule has 0 unspecified atom stereocenters. The molecule has 33 heavy (non-hydrogen) atoms. The van der Waals surface area contributed by atoms with E-state index in [2.05, 4.69) is 20.9 Å². The van der Waals surface area contributed by atoms with Gasteiger partial charge in [0.15, 0.2) is 5.11 Å². The fourth-order valence-corrected chi connectivity index (χ4v) is 3.60. The van der Waals surface area contributed by atoms with Gasteiger partial charge >= 0.3 is 0 Å². The van der Waals surface area contributed by atoms with E-state index >= 15 is 0 Å². The van der Waals surface area contributed by atoms with Crippen LogP contribution in [0.1, 0.15) is 18.1 Å². The molecule has 0 aliphatic rings. The van der Waals surface area contributed by atoms with Gasteiger partial charge in [-0.1, -0.05) is 48.5 Å². The number of hydrogen-bond donors (Lipinski definition) is 3. The molecule has 3 N–H and O–H groups in total. The summed E-state index contributed by atoms with van der Waals surface area (Å²) in [6.45, 7) is 2.53. The van der Waals surface area contributed by atoms with Crippen LogP contribution in [-0.4, -0.2) is 27.1 Å². The Bertz CT molecular complexity index is 1330. The monoisotopic (exact) mass is 459 g/mol. The number of benzene rings is 3. The Morgan fingerprint density at radius 2 is 1.64 bits per heavy atom. The molecule has 4 aromatic rings. The van der Waals surface area contributed by atoms with Crippen molar-refractivity contribution in [2.45, 2.75) is 6.92 Å². The summed E-state index contributed by atoms with van der Waals surface area (Å²) < 4.78 is 15.1. The Hall–Kier alpha value is -4.04. The van der Waals surface area contributed by atoms with Gasteiger partial charge in [0, 0.05) is 17.7 Å². The molecule has 0 aliphatic heterocycles. The zero-order valence-corrected chi connectivity index (χ0v) is 18.7. The quantitative estimate of drug-likeness (QED) is 0.229. The molecule has 0 aliphatic carbocycles. The molecule has 0 amide bonds. The smallest absolute Gasteiger partial charge is 0.281 e. The molecule has 0 bridgehead atoms. The molecule has 0 saturated carbocycles. The molecular formula is C25H22FN5OS. The summed E-state index contributed by atoms with van der Waals surface area (Å²) in [7, 11) is 0. The largest absolute Gasteiger partial charge is 0.362 e. The van der Waals surface area contributed by atoms with Crippen molar-refractivity contribution < 1.29 is 4.39 Å². The van der Waals surface area contributed by atoms with Crippen LogP contribution >= 0.6 is 12.2 Å². The van der Waals surface area contributed by atoms with Crippen molar-refractivity contribution in [3.05, 3.63) is 112 Å². The lowest BCUT2D eigenvalue weighted by Crippen LogP contribution is -2.33. The molecule has 1 aromatic heterocycles. The van der Waals surface area contributed by atoms with E-state index < -0.39 is 0 Å².